The average Bonchev–Trinajstić information content (AvgIpc) is 3.16. The first-order chi connectivity index (χ1) is 17.2. The third kappa shape index (κ3) is 5.44. The summed E-state index contributed by atoms with van der Waals surface area (Å²) < 4.78 is 31.9. The van der Waals surface area contributed by atoms with Crippen molar-refractivity contribution in [3.05, 3.63) is 35.4 Å². The lowest BCUT2D eigenvalue weighted by atomic mass is 9.96. The highest BCUT2D eigenvalue weighted by atomic mass is 35.5. The maximum Gasteiger partial charge on any atom is 0.305 e. The number of hydrogen-bond acceptors (Lipinski definition) is 8. The molecule has 0 saturated carbocycles. The highest BCUT2D eigenvalue weighted by Crippen LogP contribution is 2.36. The van der Waals surface area contributed by atoms with E-state index < -0.39 is 11.8 Å². The molecule has 2 aromatic heterocycles. The van der Waals surface area contributed by atoms with Crippen LogP contribution in [0.1, 0.15) is 26.7 Å². The molecule has 2 aromatic rings. The number of hydrogen-bond donors (Lipinski definition) is 1. The maximum absolute atomic E-state index is 15.1. The van der Waals surface area contributed by atoms with Gasteiger partial charge in [0.1, 0.15) is 6.10 Å². The molecule has 4 heterocycles. The molecule has 36 heavy (non-hydrogen) atoms. The molecule has 1 N–H and O–H groups in total. The number of pyridine rings is 2. The Labute approximate surface area is 215 Å². The van der Waals surface area contributed by atoms with E-state index in [9.17, 15) is 9.90 Å². The first-order valence-corrected chi connectivity index (χ1v) is 12.4. The number of carbonyl (C=O) groups is 1. The lowest BCUT2D eigenvalue weighted by Gasteiger charge is -2.38. The van der Waals surface area contributed by atoms with Gasteiger partial charge in [-0.05, 0) is 0 Å². The molecule has 196 valence electrons. The molecule has 5 atom stereocenters. The highest BCUT2D eigenvalue weighted by molar-refractivity contribution is 6.33. The first-order valence-electron chi connectivity index (χ1n) is 12.0. The van der Waals surface area contributed by atoms with Crippen LogP contribution in [0.25, 0.3) is 0 Å². The Morgan fingerprint density at radius 3 is 2.61 bits per heavy atom. The molecule has 11 heteroatoms. The second-order valence-corrected chi connectivity index (χ2v) is 9.88. The van der Waals surface area contributed by atoms with E-state index >= 15 is 4.39 Å². The van der Waals surface area contributed by atoms with Gasteiger partial charge < -0.3 is 29.1 Å². The number of rotatable bonds is 8. The predicted octanol–water partition coefficient (Wildman–Crippen LogP) is 3.89. The number of methoxy groups -OCH3 is 2. The number of aromatic nitrogens is 2. The molecule has 0 aliphatic carbocycles. The Morgan fingerprint density at radius 1 is 1.19 bits per heavy atom. The average molecular weight is 523 g/mol. The van der Waals surface area contributed by atoms with Gasteiger partial charge >= 0.3 is 5.97 Å². The standard InChI is InChI=1S/C25H32ClFN4O5/c1-14-12-30(20-8-23(35-4)28-11-17(20)26)6-5-21(14)36-25-18(27)7-16(10-29-25)31-13-22(34-3)15(2)19(31)9-24(32)33/h7-8,10-11,14-15,19,21-22H,5-6,9,12-13H2,1-4H3,(H,32,33). The summed E-state index contributed by atoms with van der Waals surface area (Å²) >= 11 is 6.36. The number of anilines is 2. The zero-order chi connectivity index (χ0) is 26.0. The van der Waals surface area contributed by atoms with Gasteiger partial charge in [-0.1, -0.05) is 25.4 Å². The number of carboxylic acid groups (broad SMARTS) is 1. The van der Waals surface area contributed by atoms with Crippen LogP contribution in [0.15, 0.2) is 24.5 Å². The number of nitrogens with zero attached hydrogens (tertiary/aromatic N) is 4. The van der Waals surface area contributed by atoms with Crippen LogP contribution in [0.5, 0.6) is 11.8 Å². The van der Waals surface area contributed by atoms with Gasteiger partial charge in [-0.15, -0.1) is 0 Å². The molecular formula is C25H32ClFN4O5. The van der Waals surface area contributed by atoms with Crippen molar-refractivity contribution in [1.29, 1.82) is 0 Å². The van der Waals surface area contributed by atoms with Gasteiger partial charge in [0.05, 0.1) is 48.4 Å². The van der Waals surface area contributed by atoms with E-state index in [0.29, 0.717) is 42.6 Å². The smallest absolute Gasteiger partial charge is 0.305 e. The molecule has 0 amide bonds. The maximum atomic E-state index is 15.1. The zero-order valence-electron chi connectivity index (χ0n) is 20.9. The van der Waals surface area contributed by atoms with Crippen molar-refractivity contribution in [2.75, 3.05) is 43.7 Å². The van der Waals surface area contributed by atoms with Gasteiger partial charge in [-0.25, -0.2) is 14.4 Å². The Bertz CT molecular complexity index is 1090. The van der Waals surface area contributed by atoms with Crippen LogP contribution in [0, 0.1) is 17.7 Å². The summed E-state index contributed by atoms with van der Waals surface area (Å²) in [5.74, 6) is -0.998. The number of halogens is 2. The van der Waals surface area contributed by atoms with E-state index in [0.717, 1.165) is 5.69 Å². The monoisotopic (exact) mass is 522 g/mol. The van der Waals surface area contributed by atoms with E-state index in [1.54, 1.807) is 32.7 Å². The summed E-state index contributed by atoms with van der Waals surface area (Å²) in [5.41, 5.74) is 1.36. The second kappa shape index (κ2) is 11.0. The van der Waals surface area contributed by atoms with E-state index in [2.05, 4.69) is 14.9 Å². The van der Waals surface area contributed by atoms with Gasteiger partial charge in [0, 0.05) is 63.2 Å². The van der Waals surface area contributed by atoms with Crippen molar-refractivity contribution in [2.24, 2.45) is 11.8 Å². The molecular weight excluding hydrogens is 491 g/mol. The molecule has 0 radical (unpaired) electrons. The minimum absolute atomic E-state index is 0.0232. The van der Waals surface area contributed by atoms with Crippen LogP contribution < -0.4 is 19.3 Å². The molecule has 0 spiro atoms. The lowest BCUT2D eigenvalue weighted by molar-refractivity contribution is -0.137. The fraction of sp³-hybridized carbons (Fsp3) is 0.560. The van der Waals surface area contributed by atoms with Gasteiger partial charge in [-0.3, -0.25) is 4.79 Å². The first kappa shape index (κ1) is 26.2. The minimum Gasteiger partial charge on any atom is -0.481 e. The summed E-state index contributed by atoms with van der Waals surface area (Å²) in [6.45, 7) is 5.80. The second-order valence-electron chi connectivity index (χ2n) is 9.48. The summed E-state index contributed by atoms with van der Waals surface area (Å²) in [4.78, 5) is 23.8. The number of carboxylic acids is 1. The fourth-order valence-corrected chi connectivity index (χ4v) is 5.40. The van der Waals surface area contributed by atoms with Crippen LogP contribution in [-0.4, -0.2) is 73.1 Å². The highest BCUT2D eigenvalue weighted by Gasteiger charge is 2.41. The molecule has 2 fully saturated rings. The Kier molecular flexibility index (Phi) is 8.04. The van der Waals surface area contributed by atoms with E-state index in [4.69, 9.17) is 25.8 Å². The molecule has 0 aromatic carbocycles. The van der Waals surface area contributed by atoms with Crippen LogP contribution >= 0.6 is 11.6 Å². The molecule has 5 unspecified atom stereocenters. The Hall–Kier alpha value is -2.85. The van der Waals surface area contributed by atoms with Crippen LogP contribution in [0.4, 0.5) is 15.8 Å². The largest absolute Gasteiger partial charge is 0.481 e. The Balaban J connectivity index is 1.44. The Morgan fingerprint density at radius 2 is 1.97 bits per heavy atom. The number of piperidine rings is 1. The minimum atomic E-state index is -0.909. The number of ether oxygens (including phenoxy) is 3. The van der Waals surface area contributed by atoms with Gasteiger partial charge in [0.25, 0.3) is 5.88 Å². The normalized spacial score (nSPS) is 26.2. The van der Waals surface area contributed by atoms with Crippen molar-refractivity contribution in [3.8, 4) is 11.8 Å². The lowest BCUT2D eigenvalue weighted by Crippen LogP contribution is -2.44. The molecule has 2 saturated heterocycles. The van der Waals surface area contributed by atoms with E-state index in [1.807, 2.05) is 18.7 Å². The fourth-order valence-electron chi connectivity index (χ4n) is 5.17. The topological polar surface area (TPSA) is 97.2 Å². The SMILES string of the molecule is COc1cc(N2CCC(Oc3ncc(N4CC(OC)C(C)C4CC(=O)O)cc3F)C(C)C2)c(Cl)cn1. The summed E-state index contributed by atoms with van der Waals surface area (Å²) in [5, 5.41) is 9.90. The van der Waals surface area contributed by atoms with Crippen molar-refractivity contribution < 1.29 is 28.5 Å². The molecule has 2 aliphatic heterocycles. The van der Waals surface area contributed by atoms with Crippen LogP contribution in [-0.2, 0) is 9.53 Å². The van der Waals surface area contributed by atoms with Crippen LogP contribution in [0.2, 0.25) is 5.02 Å². The third-order valence-electron chi connectivity index (χ3n) is 7.23. The van der Waals surface area contributed by atoms with Gasteiger partial charge in [0.2, 0.25) is 5.88 Å². The van der Waals surface area contributed by atoms with E-state index in [1.165, 1.54) is 6.07 Å². The summed E-state index contributed by atoms with van der Waals surface area (Å²) in [6.07, 6.45) is 3.34. The van der Waals surface area contributed by atoms with E-state index in [-0.39, 0.29) is 42.4 Å². The van der Waals surface area contributed by atoms with Gasteiger partial charge in [0.15, 0.2) is 5.82 Å². The van der Waals surface area contributed by atoms with Gasteiger partial charge in [-0.2, -0.15) is 0 Å². The van der Waals surface area contributed by atoms with Crippen molar-refractivity contribution in [2.45, 2.75) is 44.9 Å². The number of aliphatic carboxylic acids is 1. The molecule has 2 aliphatic rings. The molecule has 0 bridgehead atoms. The third-order valence-corrected chi connectivity index (χ3v) is 7.52. The summed E-state index contributed by atoms with van der Waals surface area (Å²) in [6, 6.07) is 2.86. The van der Waals surface area contributed by atoms with Crippen LogP contribution in [0.3, 0.4) is 0 Å². The van der Waals surface area contributed by atoms with Crippen molar-refractivity contribution in [3.63, 3.8) is 0 Å². The van der Waals surface area contributed by atoms with Crippen molar-refractivity contribution >= 4 is 28.9 Å². The van der Waals surface area contributed by atoms with Crippen molar-refractivity contribution in [1.82, 2.24) is 9.97 Å². The molecule has 4 rings (SSSR count). The summed E-state index contributed by atoms with van der Waals surface area (Å²) in [7, 11) is 3.16. The zero-order valence-corrected chi connectivity index (χ0v) is 21.6. The molecule has 9 nitrogen and oxygen atoms in total. The quantitative estimate of drug-likeness (QED) is 0.553. The predicted molar refractivity (Wildman–Crippen MR) is 134 cm³/mol.